The third-order valence-corrected chi connectivity index (χ3v) is 3.95. The highest BCUT2D eigenvalue weighted by Crippen LogP contribution is 2.23. The molecule has 0 aromatic heterocycles. The first-order chi connectivity index (χ1) is 10.9. The lowest BCUT2D eigenvalue weighted by atomic mass is 9.96. The molecule has 0 unspecified atom stereocenters. The summed E-state index contributed by atoms with van der Waals surface area (Å²) in [5, 5.41) is 0. The van der Waals surface area contributed by atoms with Gasteiger partial charge in [0.05, 0.1) is 0 Å². The minimum atomic E-state index is -0.108. The molecule has 2 heteroatoms. The van der Waals surface area contributed by atoms with Gasteiger partial charge in [0.25, 0.3) is 0 Å². The predicted molar refractivity (Wildman–Crippen MR) is 98.0 cm³/mol. The van der Waals surface area contributed by atoms with Crippen LogP contribution in [0.2, 0.25) is 0 Å². The van der Waals surface area contributed by atoms with Crippen LogP contribution >= 0.6 is 0 Å². The van der Waals surface area contributed by atoms with Crippen LogP contribution < -0.4 is 5.73 Å². The topological polar surface area (TPSA) is 26.0 Å². The maximum absolute atomic E-state index is 14.2. The maximum atomic E-state index is 14.2. The lowest BCUT2D eigenvalue weighted by molar-refractivity contribution is 0.605. The highest BCUT2D eigenvalue weighted by atomic mass is 19.1. The number of hydrogen-bond acceptors (Lipinski definition) is 1. The van der Waals surface area contributed by atoms with Crippen molar-refractivity contribution in [2.45, 2.75) is 40.5 Å². The van der Waals surface area contributed by atoms with Gasteiger partial charge in [-0.2, -0.15) is 0 Å². The van der Waals surface area contributed by atoms with Gasteiger partial charge in [-0.3, -0.25) is 0 Å². The molecule has 0 saturated carbocycles. The number of aryl methyl sites for hydroxylation is 2. The van der Waals surface area contributed by atoms with Crippen LogP contribution in [-0.2, 0) is 12.8 Å². The highest BCUT2D eigenvalue weighted by Gasteiger charge is 2.07. The second-order valence-corrected chi connectivity index (χ2v) is 6.68. The normalized spacial score (nSPS) is 11.6. The van der Waals surface area contributed by atoms with Crippen LogP contribution in [-0.4, -0.2) is 0 Å². The van der Waals surface area contributed by atoms with E-state index >= 15 is 0 Å². The molecule has 0 heterocycles. The second-order valence-electron chi connectivity index (χ2n) is 6.68. The first-order valence-corrected chi connectivity index (χ1v) is 8.18. The van der Waals surface area contributed by atoms with Gasteiger partial charge in [-0.15, -0.1) is 0 Å². The van der Waals surface area contributed by atoms with Gasteiger partial charge in [-0.25, -0.2) is 4.39 Å². The summed E-state index contributed by atoms with van der Waals surface area (Å²) in [6.45, 7) is 8.20. The molecule has 0 aliphatic heterocycles. The molecule has 0 bridgehead atoms. The zero-order chi connectivity index (χ0) is 17.0. The van der Waals surface area contributed by atoms with Crippen molar-refractivity contribution in [3.8, 4) is 0 Å². The van der Waals surface area contributed by atoms with E-state index in [0.717, 1.165) is 28.8 Å². The number of allylic oxidation sites excluding steroid dienone is 1. The van der Waals surface area contributed by atoms with Crippen molar-refractivity contribution in [2.75, 3.05) is 5.73 Å². The average Bonchev–Trinajstić information content (AvgIpc) is 2.46. The number of halogens is 1. The van der Waals surface area contributed by atoms with E-state index in [1.165, 1.54) is 5.56 Å². The number of nitrogens with two attached hydrogens (primary N) is 1. The Morgan fingerprint density at radius 2 is 1.87 bits per heavy atom. The lowest BCUT2D eigenvalue weighted by Crippen LogP contribution is -2.00. The first-order valence-electron chi connectivity index (χ1n) is 8.18. The van der Waals surface area contributed by atoms with E-state index in [2.05, 4.69) is 19.9 Å². The Labute approximate surface area is 139 Å². The van der Waals surface area contributed by atoms with Crippen molar-refractivity contribution in [1.29, 1.82) is 0 Å². The molecule has 0 saturated heterocycles. The SMILES string of the molecule is Cc1cc(C)c(F)c(C/C=C\c2c(N)cccc2CC(C)C)c1. The molecule has 23 heavy (non-hydrogen) atoms. The quantitative estimate of drug-likeness (QED) is 0.727. The Balaban J connectivity index is 2.25. The van der Waals surface area contributed by atoms with Gasteiger partial charge in [0.15, 0.2) is 0 Å². The Morgan fingerprint density at radius 3 is 2.57 bits per heavy atom. The molecule has 2 N–H and O–H groups in total. The third-order valence-electron chi connectivity index (χ3n) is 3.95. The molecule has 2 aromatic carbocycles. The van der Waals surface area contributed by atoms with Gasteiger partial charge in [0.2, 0.25) is 0 Å². The predicted octanol–water partition coefficient (Wildman–Crippen LogP) is 5.48. The molecule has 0 aliphatic carbocycles. The Hall–Kier alpha value is -2.09. The molecule has 122 valence electrons. The minimum Gasteiger partial charge on any atom is -0.398 e. The van der Waals surface area contributed by atoms with E-state index in [1.54, 1.807) is 0 Å². The van der Waals surface area contributed by atoms with Gasteiger partial charge in [-0.1, -0.05) is 55.8 Å². The standard InChI is InChI=1S/C21H26FN/c1-14(2)11-17-7-6-10-20(23)19(17)9-5-8-18-13-15(3)12-16(4)21(18)22/h5-7,9-10,12-14H,8,11,23H2,1-4H3/b9-5-. The van der Waals surface area contributed by atoms with Crippen LogP contribution in [0.15, 0.2) is 36.4 Å². The molecule has 2 rings (SSSR count). The van der Waals surface area contributed by atoms with Crippen LogP contribution in [0.25, 0.3) is 6.08 Å². The van der Waals surface area contributed by atoms with Crippen LogP contribution in [0.3, 0.4) is 0 Å². The van der Waals surface area contributed by atoms with Crippen LogP contribution in [0.5, 0.6) is 0 Å². The van der Waals surface area contributed by atoms with Crippen molar-refractivity contribution in [3.63, 3.8) is 0 Å². The van der Waals surface area contributed by atoms with Crippen LogP contribution in [0.1, 0.15) is 41.7 Å². The van der Waals surface area contributed by atoms with Gasteiger partial charge in [-0.05, 0) is 55.4 Å². The molecule has 2 aromatic rings. The van der Waals surface area contributed by atoms with Gasteiger partial charge in [0, 0.05) is 11.3 Å². The van der Waals surface area contributed by atoms with E-state index < -0.39 is 0 Å². The molecule has 0 radical (unpaired) electrons. The number of anilines is 1. The minimum absolute atomic E-state index is 0.108. The Morgan fingerprint density at radius 1 is 1.13 bits per heavy atom. The average molecular weight is 311 g/mol. The van der Waals surface area contributed by atoms with Crippen LogP contribution in [0, 0.1) is 25.6 Å². The smallest absolute Gasteiger partial charge is 0.129 e. The Kier molecular flexibility index (Phi) is 5.59. The molecular weight excluding hydrogens is 285 g/mol. The fourth-order valence-corrected chi connectivity index (χ4v) is 2.94. The summed E-state index contributed by atoms with van der Waals surface area (Å²) in [7, 11) is 0. The monoisotopic (exact) mass is 311 g/mol. The van der Waals surface area contributed by atoms with E-state index in [-0.39, 0.29) is 5.82 Å². The van der Waals surface area contributed by atoms with E-state index in [9.17, 15) is 4.39 Å². The van der Waals surface area contributed by atoms with Crippen LogP contribution in [0.4, 0.5) is 10.1 Å². The summed E-state index contributed by atoms with van der Waals surface area (Å²) in [6, 6.07) is 9.82. The van der Waals surface area contributed by atoms with Crippen molar-refractivity contribution in [2.24, 2.45) is 5.92 Å². The fourth-order valence-electron chi connectivity index (χ4n) is 2.94. The highest BCUT2D eigenvalue weighted by molar-refractivity contribution is 5.68. The number of hydrogen-bond donors (Lipinski definition) is 1. The zero-order valence-electron chi connectivity index (χ0n) is 14.5. The number of nitrogen functional groups attached to an aromatic ring is 1. The summed E-state index contributed by atoms with van der Waals surface area (Å²) in [6.07, 6.45) is 5.60. The van der Waals surface area contributed by atoms with E-state index in [1.807, 2.05) is 50.3 Å². The second kappa shape index (κ2) is 7.45. The summed E-state index contributed by atoms with van der Waals surface area (Å²) >= 11 is 0. The Bertz CT molecular complexity index is 714. The summed E-state index contributed by atoms with van der Waals surface area (Å²) in [5.74, 6) is 0.463. The molecule has 1 nitrogen and oxygen atoms in total. The van der Waals surface area contributed by atoms with E-state index in [0.29, 0.717) is 17.9 Å². The van der Waals surface area contributed by atoms with E-state index in [4.69, 9.17) is 5.73 Å². The van der Waals surface area contributed by atoms with Crippen molar-refractivity contribution < 1.29 is 4.39 Å². The zero-order valence-corrected chi connectivity index (χ0v) is 14.5. The molecule has 0 fully saturated rings. The van der Waals surface area contributed by atoms with Crippen molar-refractivity contribution in [3.05, 3.63) is 70.0 Å². The summed E-state index contributed by atoms with van der Waals surface area (Å²) in [5.41, 5.74) is 11.7. The first kappa shape index (κ1) is 17.3. The van der Waals surface area contributed by atoms with Gasteiger partial charge >= 0.3 is 0 Å². The lowest BCUT2D eigenvalue weighted by Gasteiger charge is -2.11. The fraction of sp³-hybridized carbons (Fsp3) is 0.333. The summed E-state index contributed by atoms with van der Waals surface area (Å²) in [4.78, 5) is 0. The maximum Gasteiger partial charge on any atom is 0.129 e. The van der Waals surface area contributed by atoms with Crippen molar-refractivity contribution in [1.82, 2.24) is 0 Å². The third kappa shape index (κ3) is 4.44. The van der Waals surface area contributed by atoms with Crippen molar-refractivity contribution >= 4 is 11.8 Å². The number of benzene rings is 2. The van der Waals surface area contributed by atoms with Gasteiger partial charge < -0.3 is 5.73 Å². The number of rotatable bonds is 5. The molecule has 0 aliphatic rings. The molecule has 0 spiro atoms. The largest absolute Gasteiger partial charge is 0.398 e. The molecular formula is C21H26FN. The summed E-state index contributed by atoms with van der Waals surface area (Å²) < 4.78 is 14.2. The molecule has 0 amide bonds. The van der Waals surface area contributed by atoms with Gasteiger partial charge in [0.1, 0.15) is 5.82 Å². The molecule has 0 atom stereocenters.